The lowest BCUT2D eigenvalue weighted by atomic mass is 10.7. The van der Waals surface area contributed by atoms with Crippen LogP contribution in [0, 0.1) is 0 Å². The molecule has 0 bridgehead atoms. The van der Waals surface area contributed by atoms with E-state index in [4.69, 9.17) is 0 Å². The van der Waals surface area contributed by atoms with E-state index in [1.807, 2.05) is 6.92 Å². The third-order valence-electron chi connectivity index (χ3n) is 0.604. The van der Waals surface area contributed by atoms with E-state index in [1.165, 1.54) is 0 Å². The quantitative estimate of drug-likeness (QED) is 0.443. The highest BCUT2D eigenvalue weighted by molar-refractivity contribution is 7.79. The standard InChI is InChI=1S/C4H4O2S/c1-2-3-5-4(7)6-3/h2H,1H3. The summed E-state index contributed by atoms with van der Waals surface area (Å²) in [5.74, 6) is 0.505. The minimum absolute atomic E-state index is 0.216. The first kappa shape index (κ1) is 4.59. The Labute approximate surface area is 46.7 Å². The molecule has 1 rings (SSSR count). The van der Waals surface area contributed by atoms with Crippen LogP contribution in [0.4, 0.5) is 0 Å². The topological polar surface area (TPSA) is 18.5 Å². The summed E-state index contributed by atoms with van der Waals surface area (Å²) in [6.07, 6.45) is 1.70. The lowest BCUT2D eigenvalue weighted by Gasteiger charge is -2.17. The van der Waals surface area contributed by atoms with Gasteiger partial charge in [0, 0.05) is 12.2 Å². The van der Waals surface area contributed by atoms with E-state index < -0.39 is 0 Å². The van der Waals surface area contributed by atoms with Crippen molar-refractivity contribution in [1.82, 2.24) is 0 Å². The van der Waals surface area contributed by atoms with Crippen LogP contribution < -0.4 is 0 Å². The van der Waals surface area contributed by atoms with E-state index >= 15 is 0 Å². The first-order chi connectivity index (χ1) is 3.33. The third kappa shape index (κ3) is 0.718. The van der Waals surface area contributed by atoms with Crippen molar-refractivity contribution >= 4 is 17.5 Å². The van der Waals surface area contributed by atoms with E-state index in [0.717, 1.165) is 0 Å². The van der Waals surface area contributed by atoms with Crippen molar-refractivity contribution in [2.45, 2.75) is 6.92 Å². The van der Waals surface area contributed by atoms with Crippen molar-refractivity contribution in [3.05, 3.63) is 12.0 Å². The molecule has 2 nitrogen and oxygen atoms in total. The Bertz CT molecular complexity index is 118. The molecule has 0 aromatic carbocycles. The number of hydrogen-bond donors (Lipinski definition) is 0. The summed E-state index contributed by atoms with van der Waals surface area (Å²) in [6, 6.07) is 0. The zero-order valence-corrected chi connectivity index (χ0v) is 4.62. The predicted octanol–water partition coefficient (Wildman–Crippen LogP) is 1.18. The van der Waals surface area contributed by atoms with Crippen LogP contribution in [0.1, 0.15) is 6.92 Å². The Kier molecular flexibility index (Phi) is 0.982. The monoisotopic (exact) mass is 116 g/mol. The van der Waals surface area contributed by atoms with Gasteiger partial charge in [0.25, 0.3) is 5.95 Å². The van der Waals surface area contributed by atoms with Crippen LogP contribution in [0.15, 0.2) is 12.0 Å². The van der Waals surface area contributed by atoms with E-state index in [9.17, 15) is 0 Å². The average molecular weight is 116 g/mol. The van der Waals surface area contributed by atoms with Crippen molar-refractivity contribution < 1.29 is 9.47 Å². The molecule has 38 valence electrons. The maximum absolute atomic E-state index is 4.66. The molecule has 1 fully saturated rings. The smallest absolute Gasteiger partial charge is 0.368 e. The summed E-state index contributed by atoms with van der Waals surface area (Å²) in [5, 5.41) is 0.216. The second-order valence-electron chi connectivity index (χ2n) is 1.06. The van der Waals surface area contributed by atoms with Gasteiger partial charge in [-0.1, -0.05) is 0 Å². The molecule has 0 N–H and O–H groups in total. The van der Waals surface area contributed by atoms with Gasteiger partial charge in [-0.15, -0.1) is 0 Å². The molecule has 3 heteroatoms. The summed E-state index contributed by atoms with van der Waals surface area (Å²) < 4.78 is 9.32. The fraction of sp³-hybridized carbons (Fsp3) is 0.250. The maximum Gasteiger partial charge on any atom is 0.368 e. The fourth-order valence-electron chi connectivity index (χ4n) is 0.290. The van der Waals surface area contributed by atoms with Crippen molar-refractivity contribution in [2.24, 2.45) is 0 Å². The minimum Gasteiger partial charge on any atom is -0.383 e. The van der Waals surface area contributed by atoms with Crippen LogP contribution in [0.2, 0.25) is 0 Å². The van der Waals surface area contributed by atoms with Gasteiger partial charge in [-0.05, 0) is 13.0 Å². The van der Waals surface area contributed by atoms with E-state index in [-0.39, 0.29) is 5.24 Å². The van der Waals surface area contributed by atoms with Gasteiger partial charge in [-0.2, -0.15) is 0 Å². The van der Waals surface area contributed by atoms with Crippen LogP contribution in [-0.4, -0.2) is 5.24 Å². The normalized spacial score (nSPS) is 16.7. The largest absolute Gasteiger partial charge is 0.383 e. The zero-order valence-electron chi connectivity index (χ0n) is 3.80. The molecule has 0 aromatic heterocycles. The first-order valence-corrected chi connectivity index (χ1v) is 2.29. The summed E-state index contributed by atoms with van der Waals surface area (Å²) >= 11 is 4.44. The highest BCUT2D eigenvalue weighted by Crippen LogP contribution is 2.13. The Hall–Kier alpha value is -0.570. The van der Waals surface area contributed by atoms with Crippen LogP contribution in [0.25, 0.3) is 0 Å². The molecule has 0 atom stereocenters. The van der Waals surface area contributed by atoms with Gasteiger partial charge in [-0.25, -0.2) is 0 Å². The van der Waals surface area contributed by atoms with Gasteiger partial charge in [0.15, 0.2) is 0 Å². The van der Waals surface area contributed by atoms with E-state index in [0.29, 0.717) is 5.95 Å². The second-order valence-corrected chi connectivity index (χ2v) is 1.40. The zero-order chi connectivity index (χ0) is 5.28. The van der Waals surface area contributed by atoms with Gasteiger partial charge < -0.3 is 9.47 Å². The van der Waals surface area contributed by atoms with Gasteiger partial charge in [0.2, 0.25) is 0 Å². The van der Waals surface area contributed by atoms with Gasteiger partial charge in [0.1, 0.15) is 0 Å². The molecule has 1 aliphatic heterocycles. The predicted molar refractivity (Wildman–Crippen MR) is 28.5 cm³/mol. The molecular weight excluding hydrogens is 112 g/mol. The minimum atomic E-state index is 0.216. The molecule has 1 heterocycles. The molecule has 7 heavy (non-hydrogen) atoms. The fourth-order valence-corrected chi connectivity index (χ4v) is 0.454. The summed E-state index contributed by atoms with van der Waals surface area (Å²) in [5.41, 5.74) is 0. The number of allylic oxidation sites excluding steroid dienone is 1. The third-order valence-corrected chi connectivity index (χ3v) is 0.770. The van der Waals surface area contributed by atoms with Gasteiger partial charge in [-0.3, -0.25) is 0 Å². The summed E-state index contributed by atoms with van der Waals surface area (Å²) in [6.45, 7) is 1.82. The van der Waals surface area contributed by atoms with Crippen LogP contribution in [0.5, 0.6) is 0 Å². The molecule has 0 saturated carbocycles. The molecule has 0 radical (unpaired) electrons. The Morgan fingerprint density at radius 3 is 2.29 bits per heavy atom. The maximum atomic E-state index is 4.66. The average Bonchev–Trinajstić information content (AvgIpc) is 1.58. The lowest BCUT2D eigenvalue weighted by Crippen LogP contribution is -2.18. The van der Waals surface area contributed by atoms with Gasteiger partial charge >= 0.3 is 5.24 Å². The SMILES string of the molecule is CC=C1OC(=S)O1. The van der Waals surface area contributed by atoms with Crippen molar-refractivity contribution in [2.75, 3.05) is 0 Å². The molecule has 0 aromatic rings. The summed E-state index contributed by atoms with van der Waals surface area (Å²) in [4.78, 5) is 0. The second kappa shape index (κ2) is 1.50. The van der Waals surface area contributed by atoms with Crippen molar-refractivity contribution in [3.8, 4) is 0 Å². The van der Waals surface area contributed by atoms with E-state index in [1.54, 1.807) is 6.08 Å². The molecule has 0 unspecified atom stereocenters. The molecule has 1 saturated heterocycles. The number of rotatable bonds is 0. The van der Waals surface area contributed by atoms with Crippen molar-refractivity contribution in [1.29, 1.82) is 0 Å². The Morgan fingerprint density at radius 1 is 1.57 bits per heavy atom. The highest BCUT2D eigenvalue weighted by atomic mass is 32.1. The van der Waals surface area contributed by atoms with Crippen LogP contribution in [-0.2, 0) is 9.47 Å². The molecule has 0 aliphatic carbocycles. The van der Waals surface area contributed by atoms with Crippen LogP contribution in [0.3, 0.4) is 0 Å². The number of hydrogen-bond acceptors (Lipinski definition) is 3. The Balaban J connectivity index is 2.44. The summed E-state index contributed by atoms with van der Waals surface area (Å²) in [7, 11) is 0. The van der Waals surface area contributed by atoms with E-state index in [2.05, 4.69) is 21.7 Å². The molecule has 1 aliphatic rings. The van der Waals surface area contributed by atoms with Crippen LogP contribution >= 0.6 is 12.2 Å². The molecule has 0 amide bonds. The highest BCUT2D eigenvalue weighted by Gasteiger charge is 2.17. The number of thiocarbonyl (C=S) groups is 1. The lowest BCUT2D eigenvalue weighted by molar-refractivity contribution is 0.0667. The van der Waals surface area contributed by atoms with Gasteiger partial charge in [0.05, 0.1) is 0 Å². The molecule has 0 spiro atoms. The first-order valence-electron chi connectivity index (χ1n) is 1.89. The Morgan fingerprint density at radius 2 is 2.14 bits per heavy atom. The number of ether oxygens (including phenoxy) is 2. The molecular formula is C4H4O2S. The van der Waals surface area contributed by atoms with Crippen molar-refractivity contribution in [3.63, 3.8) is 0 Å².